The van der Waals surface area contributed by atoms with Crippen LogP contribution in [0.25, 0.3) is 66.8 Å². The highest BCUT2D eigenvalue weighted by atomic mass is 15.2. The minimum atomic E-state index is 1.05. The van der Waals surface area contributed by atoms with Gasteiger partial charge in [0.1, 0.15) is 0 Å². The fourth-order valence-electron chi connectivity index (χ4n) is 9.23. The van der Waals surface area contributed by atoms with Gasteiger partial charge >= 0.3 is 0 Å². The molecule has 11 aromatic rings. The lowest BCUT2D eigenvalue weighted by Crippen LogP contribution is -2.15. The van der Waals surface area contributed by atoms with Crippen molar-refractivity contribution in [3.63, 3.8) is 0 Å². The third-order valence-corrected chi connectivity index (χ3v) is 12.7. The summed E-state index contributed by atoms with van der Waals surface area (Å²) in [5, 5.41) is 0. The second-order valence-corrected chi connectivity index (χ2v) is 16.9. The summed E-state index contributed by atoms with van der Waals surface area (Å²) in [5.41, 5.74) is 20.2. The number of rotatable bonds is 12. The minimum absolute atomic E-state index is 1.05. The number of benzene rings is 11. The van der Waals surface area contributed by atoms with Gasteiger partial charge in [-0.15, -0.1) is 0 Å². The quantitative estimate of drug-likeness (QED) is 0.121. The molecule has 11 aromatic carbocycles. The van der Waals surface area contributed by atoms with E-state index in [1.165, 1.54) is 44.5 Å². The average Bonchev–Trinajstić information content (AvgIpc) is 3.43. The van der Waals surface area contributed by atoms with Gasteiger partial charge in [0.05, 0.1) is 11.4 Å². The van der Waals surface area contributed by atoms with Crippen LogP contribution in [0.5, 0.6) is 0 Å². The minimum Gasteiger partial charge on any atom is -0.310 e. The fraction of sp³-hybridized carbons (Fsp3) is 0. The second kappa shape index (κ2) is 19.2. The van der Waals surface area contributed by atoms with Crippen LogP contribution in [-0.4, -0.2) is 0 Å². The standard InChI is InChI=1S/C66H48N2/c1-7-19-49(20-8-1)53-31-39-59(40-32-53)67(60-41-33-54(34-42-60)50-21-9-2-10-22-50)65-48-66(64(58-29-17-6-18-30-58)47-63(65)57-27-15-5-16-28-57)68(61-43-35-55(36-44-61)51-23-11-3-12-24-51)62-45-37-56(38-46-62)52-25-13-4-14-26-52/h1-48H. The summed E-state index contributed by atoms with van der Waals surface area (Å²) in [4.78, 5) is 4.86. The maximum Gasteiger partial charge on any atom is 0.0561 e. The third-order valence-electron chi connectivity index (χ3n) is 12.7. The van der Waals surface area contributed by atoms with Crippen LogP contribution in [0.3, 0.4) is 0 Å². The zero-order valence-electron chi connectivity index (χ0n) is 37.6. The van der Waals surface area contributed by atoms with E-state index in [1.54, 1.807) is 0 Å². The van der Waals surface area contributed by atoms with E-state index < -0.39 is 0 Å². The lowest BCUT2D eigenvalue weighted by Gasteiger charge is -2.33. The Kier molecular flexibility index (Phi) is 11.8. The molecule has 322 valence electrons. The zero-order valence-corrected chi connectivity index (χ0v) is 37.6. The highest BCUT2D eigenvalue weighted by Gasteiger charge is 2.25. The van der Waals surface area contributed by atoms with E-state index >= 15 is 0 Å². The number of nitrogens with zero attached hydrogens (tertiary/aromatic N) is 2. The van der Waals surface area contributed by atoms with Gasteiger partial charge in [0.15, 0.2) is 0 Å². The molecule has 0 heterocycles. The van der Waals surface area contributed by atoms with Crippen LogP contribution in [0.15, 0.2) is 291 Å². The molecule has 0 aliphatic rings. The summed E-state index contributed by atoms with van der Waals surface area (Å²) in [6.07, 6.45) is 0. The first-order valence-electron chi connectivity index (χ1n) is 23.2. The normalized spacial score (nSPS) is 10.9. The summed E-state index contributed by atoms with van der Waals surface area (Å²) in [6.45, 7) is 0. The molecule has 0 saturated carbocycles. The highest BCUT2D eigenvalue weighted by Crippen LogP contribution is 2.50. The highest BCUT2D eigenvalue weighted by molar-refractivity contribution is 5.99. The predicted octanol–water partition coefficient (Wildman–Crippen LogP) is 18.6. The van der Waals surface area contributed by atoms with E-state index in [2.05, 4.69) is 301 Å². The van der Waals surface area contributed by atoms with E-state index in [4.69, 9.17) is 0 Å². The van der Waals surface area contributed by atoms with Crippen LogP contribution in [0.1, 0.15) is 0 Å². The van der Waals surface area contributed by atoms with Crippen molar-refractivity contribution in [3.05, 3.63) is 291 Å². The molecule has 0 N–H and O–H groups in total. The Balaban J connectivity index is 1.17. The molecule has 11 rings (SSSR count). The fourth-order valence-corrected chi connectivity index (χ4v) is 9.23. The van der Waals surface area contributed by atoms with Crippen molar-refractivity contribution in [2.75, 3.05) is 9.80 Å². The smallest absolute Gasteiger partial charge is 0.0561 e. The third kappa shape index (κ3) is 8.75. The van der Waals surface area contributed by atoms with Crippen molar-refractivity contribution in [2.24, 2.45) is 0 Å². The Bertz CT molecular complexity index is 2960. The molecule has 0 aliphatic heterocycles. The molecule has 2 heteroatoms. The topological polar surface area (TPSA) is 6.48 Å². The van der Waals surface area contributed by atoms with Crippen LogP contribution in [0.4, 0.5) is 34.1 Å². The Hall–Kier alpha value is -8.98. The largest absolute Gasteiger partial charge is 0.310 e. The Morgan fingerprint density at radius 1 is 0.162 bits per heavy atom. The summed E-state index contributed by atoms with van der Waals surface area (Å²) in [6, 6.07) is 105. The lowest BCUT2D eigenvalue weighted by atomic mass is 9.93. The first kappa shape index (κ1) is 41.7. The molecule has 0 fully saturated rings. The molecule has 0 unspecified atom stereocenters. The van der Waals surface area contributed by atoms with E-state index in [-0.39, 0.29) is 0 Å². The van der Waals surface area contributed by atoms with Crippen LogP contribution < -0.4 is 9.80 Å². The van der Waals surface area contributed by atoms with Gasteiger partial charge in [-0.25, -0.2) is 0 Å². The van der Waals surface area contributed by atoms with Crippen LogP contribution >= 0.6 is 0 Å². The lowest BCUT2D eigenvalue weighted by molar-refractivity contribution is 1.25. The Morgan fingerprint density at radius 2 is 0.353 bits per heavy atom. The molecule has 0 spiro atoms. The van der Waals surface area contributed by atoms with E-state index in [9.17, 15) is 0 Å². The van der Waals surface area contributed by atoms with Crippen molar-refractivity contribution in [2.45, 2.75) is 0 Å². The maximum atomic E-state index is 2.43. The van der Waals surface area contributed by atoms with Gasteiger partial charge in [0.25, 0.3) is 0 Å². The van der Waals surface area contributed by atoms with Crippen molar-refractivity contribution in [3.8, 4) is 66.8 Å². The summed E-state index contributed by atoms with van der Waals surface area (Å²) in [7, 11) is 0. The number of hydrogen-bond donors (Lipinski definition) is 0. The number of hydrogen-bond acceptors (Lipinski definition) is 2. The van der Waals surface area contributed by atoms with Crippen LogP contribution in [0.2, 0.25) is 0 Å². The molecule has 0 atom stereocenters. The molecule has 0 aromatic heterocycles. The van der Waals surface area contributed by atoms with Crippen molar-refractivity contribution in [1.29, 1.82) is 0 Å². The second-order valence-electron chi connectivity index (χ2n) is 16.9. The summed E-state index contributed by atoms with van der Waals surface area (Å²) >= 11 is 0. The van der Waals surface area contributed by atoms with Crippen molar-refractivity contribution < 1.29 is 0 Å². The van der Waals surface area contributed by atoms with Crippen LogP contribution in [0, 0.1) is 0 Å². The van der Waals surface area contributed by atoms with Gasteiger partial charge in [-0.1, -0.05) is 231 Å². The SMILES string of the molecule is c1ccc(-c2ccc(N(c3ccc(-c4ccccc4)cc3)c3cc(N(c4ccc(-c5ccccc5)cc4)c4ccc(-c5ccccc5)cc4)c(-c4ccccc4)cc3-c3ccccc3)cc2)cc1. The molecule has 68 heavy (non-hydrogen) atoms. The molecule has 0 saturated heterocycles. The summed E-state index contributed by atoms with van der Waals surface area (Å²) in [5.74, 6) is 0. The number of anilines is 6. The Labute approximate surface area is 400 Å². The maximum absolute atomic E-state index is 2.43. The monoisotopic (exact) mass is 868 g/mol. The van der Waals surface area contributed by atoms with Gasteiger partial charge < -0.3 is 9.80 Å². The summed E-state index contributed by atoms with van der Waals surface area (Å²) < 4.78 is 0. The van der Waals surface area contributed by atoms with Gasteiger partial charge in [-0.3, -0.25) is 0 Å². The molecule has 2 nitrogen and oxygen atoms in total. The van der Waals surface area contributed by atoms with Crippen molar-refractivity contribution >= 4 is 34.1 Å². The van der Waals surface area contributed by atoms with Gasteiger partial charge in [0, 0.05) is 33.9 Å². The van der Waals surface area contributed by atoms with E-state index in [0.29, 0.717) is 0 Å². The van der Waals surface area contributed by atoms with E-state index in [0.717, 1.165) is 56.4 Å². The average molecular weight is 869 g/mol. The van der Waals surface area contributed by atoms with E-state index in [1.807, 2.05) is 0 Å². The molecule has 0 bridgehead atoms. The van der Waals surface area contributed by atoms with Gasteiger partial charge in [-0.2, -0.15) is 0 Å². The first-order chi connectivity index (χ1) is 33.7. The Morgan fingerprint density at radius 3 is 0.574 bits per heavy atom. The predicted molar refractivity (Wildman–Crippen MR) is 288 cm³/mol. The van der Waals surface area contributed by atoms with Crippen molar-refractivity contribution in [1.82, 2.24) is 0 Å². The molecule has 0 radical (unpaired) electrons. The molecular formula is C66H48N2. The van der Waals surface area contributed by atoms with Gasteiger partial charge in [-0.05, 0) is 116 Å². The van der Waals surface area contributed by atoms with Crippen LogP contribution in [-0.2, 0) is 0 Å². The zero-order chi connectivity index (χ0) is 45.5. The molecule has 0 aliphatic carbocycles. The molecule has 0 amide bonds. The van der Waals surface area contributed by atoms with Gasteiger partial charge in [0.2, 0.25) is 0 Å². The molecular weight excluding hydrogens is 821 g/mol. The first-order valence-corrected chi connectivity index (χ1v) is 23.2.